The van der Waals surface area contributed by atoms with Gasteiger partial charge in [-0.3, -0.25) is 4.79 Å². The van der Waals surface area contributed by atoms with E-state index in [2.05, 4.69) is 6.07 Å². The van der Waals surface area contributed by atoms with Gasteiger partial charge in [0.25, 0.3) is 5.91 Å². The van der Waals surface area contributed by atoms with Crippen LogP contribution in [0.15, 0.2) is 42.5 Å². The van der Waals surface area contributed by atoms with E-state index in [0.717, 1.165) is 16.7 Å². The van der Waals surface area contributed by atoms with Crippen LogP contribution in [0.4, 0.5) is 0 Å². The molecule has 0 aliphatic carbocycles. The zero-order chi connectivity index (χ0) is 15.6. The number of hydrogen-bond donors (Lipinski definition) is 1. The monoisotopic (exact) mass is 283 g/mol. The first-order chi connectivity index (χ1) is 9.88. The Labute approximate surface area is 125 Å². The summed E-state index contributed by atoms with van der Waals surface area (Å²) in [7, 11) is 1.80. The smallest absolute Gasteiger partial charge is 0.254 e. The van der Waals surface area contributed by atoms with E-state index < -0.39 is 0 Å². The summed E-state index contributed by atoms with van der Waals surface area (Å²) in [6, 6.07) is 12.8. The van der Waals surface area contributed by atoms with E-state index in [9.17, 15) is 9.90 Å². The average Bonchev–Trinajstić information content (AvgIpc) is 2.44. The number of carbonyl (C=O) groups is 1. The highest BCUT2D eigenvalue weighted by molar-refractivity contribution is 5.94. The molecule has 3 nitrogen and oxygen atoms in total. The quantitative estimate of drug-likeness (QED) is 0.929. The van der Waals surface area contributed by atoms with E-state index in [1.54, 1.807) is 24.1 Å². The van der Waals surface area contributed by atoms with Crippen LogP contribution in [0.2, 0.25) is 0 Å². The zero-order valence-corrected chi connectivity index (χ0v) is 12.9. The molecule has 0 bridgehead atoms. The fourth-order valence-electron chi connectivity index (χ4n) is 2.45. The first-order valence-electron chi connectivity index (χ1n) is 7.03. The summed E-state index contributed by atoms with van der Waals surface area (Å²) in [5.74, 6) is 0.233. The van der Waals surface area contributed by atoms with E-state index in [1.807, 2.05) is 45.0 Å². The van der Waals surface area contributed by atoms with Gasteiger partial charge in [-0.05, 0) is 50.6 Å². The van der Waals surface area contributed by atoms with Crippen molar-refractivity contribution in [1.82, 2.24) is 4.90 Å². The second-order valence-corrected chi connectivity index (χ2v) is 5.56. The highest BCUT2D eigenvalue weighted by Gasteiger charge is 2.19. The summed E-state index contributed by atoms with van der Waals surface area (Å²) in [6.07, 6.45) is 0. The minimum Gasteiger partial charge on any atom is -0.508 e. The topological polar surface area (TPSA) is 40.5 Å². The number of nitrogens with zero attached hydrogens (tertiary/aromatic N) is 1. The molecule has 0 aliphatic heterocycles. The molecular weight excluding hydrogens is 262 g/mol. The van der Waals surface area contributed by atoms with Crippen molar-refractivity contribution in [3.8, 4) is 5.75 Å². The number of carbonyl (C=O) groups excluding carboxylic acids is 1. The number of phenols is 1. The van der Waals surface area contributed by atoms with Gasteiger partial charge in [-0.15, -0.1) is 0 Å². The Bertz CT molecular complexity index is 627. The Morgan fingerprint density at radius 1 is 1.05 bits per heavy atom. The Hall–Kier alpha value is -2.29. The molecular formula is C18H21NO2. The minimum absolute atomic E-state index is 0.00220. The largest absolute Gasteiger partial charge is 0.508 e. The van der Waals surface area contributed by atoms with Crippen molar-refractivity contribution >= 4 is 5.91 Å². The predicted octanol–water partition coefficient (Wildman–Crippen LogP) is 3.84. The predicted molar refractivity (Wildman–Crippen MR) is 84.5 cm³/mol. The van der Waals surface area contributed by atoms with Crippen LogP contribution >= 0.6 is 0 Å². The number of aryl methyl sites for hydroxylation is 2. The summed E-state index contributed by atoms with van der Waals surface area (Å²) < 4.78 is 0. The van der Waals surface area contributed by atoms with Crippen molar-refractivity contribution in [2.45, 2.75) is 26.8 Å². The maximum absolute atomic E-state index is 12.6. The van der Waals surface area contributed by atoms with Crippen LogP contribution < -0.4 is 0 Å². The van der Waals surface area contributed by atoms with Crippen molar-refractivity contribution in [3.63, 3.8) is 0 Å². The van der Waals surface area contributed by atoms with Gasteiger partial charge in [0.05, 0.1) is 6.04 Å². The van der Waals surface area contributed by atoms with Crippen molar-refractivity contribution < 1.29 is 9.90 Å². The van der Waals surface area contributed by atoms with E-state index >= 15 is 0 Å². The van der Waals surface area contributed by atoms with Gasteiger partial charge in [-0.25, -0.2) is 0 Å². The standard InChI is InChI=1S/C18H21NO2/c1-12-9-13(2)11-16(10-12)18(21)19(4)14(3)15-5-7-17(20)8-6-15/h5-11,14,20H,1-4H3. The number of phenolic OH excluding ortho intramolecular Hbond substituents is 1. The molecule has 0 aromatic heterocycles. The molecule has 0 fully saturated rings. The number of aromatic hydroxyl groups is 1. The molecule has 0 saturated heterocycles. The molecule has 1 N–H and O–H groups in total. The normalized spacial score (nSPS) is 12.0. The van der Waals surface area contributed by atoms with Crippen molar-refractivity contribution in [2.75, 3.05) is 7.05 Å². The fraction of sp³-hybridized carbons (Fsp3) is 0.278. The first-order valence-corrected chi connectivity index (χ1v) is 7.03. The molecule has 2 rings (SSSR count). The van der Waals surface area contributed by atoms with Gasteiger partial charge in [0.1, 0.15) is 5.75 Å². The molecule has 110 valence electrons. The van der Waals surface area contributed by atoms with Gasteiger partial charge in [0.15, 0.2) is 0 Å². The van der Waals surface area contributed by atoms with Crippen LogP contribution in [0.25, 0.3) is 0 Å². The third-order valence-electron chi connectivity index (χ3n) is 3.75. The van der Waals surface area contributed by atoms with Crippen molar-refractivity contribution in [3.05, 3.63) is 64.7 Å². The zero-order valence-electron chi connectivity index (χ0n) is 12.9. The van der Waals surface area contributed by atoms with E-state index in [-0.39, 0.29) is 17.7 Å². The molecule has 1 unspecified atom stereocenters. The average molecular weight is 283 g/mol. The molecule has 21 heavy (non-hydrogen) atoms. The highest BCUT2D eigenvalue weighted by atomic mass is 16.3. The Morgan fingerprint density at radius 3 is 2.10 bits per heavy atom. The fourth-order valence-corrected chi connectivity index (χ4v) is 2.45. The first kappa shape index (κ1) is 15.1. The van der Waals surface area contributed by atoms with E-state index in [1.165, 1.54) is 0 Å². The lowest BCUT2D eigenvalue weighted by Gasteiger charge is -2.25. The van der Waals surface area contributed by atoms with Gasteiger partial charge in [0.2, 0.25) is 0 Å². The molecule has 1 atom stereocenters. The molecule has 2 aromatic carbocycles. The summed E-state index contributed by atoms with van der Waals surface area (Å²) in [5.41, 5.74) is 3.88. The molecule has 0 spiro atoms. The Morgan fingerprint density at radius 2 is 1.57 bits per heavy atom. The van der Waals surface area contributed by atoms with Gasteiger partial charge in [-0.2, -0.15) is 0 Å². The van der Waals surface area contributed by atoms with Crippen molar-refractivity contribution in [1.29, 1.82) is 0 Å². The lowest BCUT2D eigenvalue weighted by Crippen LogP contribution is -2.29. The Kier molecular flexibility index (Phi) is 4.32. The van der Waals surface area contributed by atoms with Crippen LogP contribution in [-0.2, 0) is 0 Å². The second kappa shape index (κ2) is 6.00. The van der Waals surface area contributed by atoms with E-state index in [4.69, 9.17) is 0 Å². The van der Waals surface area contributed by atoms with Crippen LogP contribution in [0.5, 0.6) is 5.75 Å². The van der Waals surface area contributed by atoms with Gasteiger partial charge < -0.3 is 10.0 Å². The summed E-state index contributed by atoms with van der Waals surface area (Å²) in [4.78, 5) is 14.3. The lowest BCUT2D eigenvalue weighted by molar-refractivity contribution is 0.0742. The molecule has 1 amide bonds. The SMILES string of the molecule is Cc1cc(C)cc(C(=O)N(C)C(C)c2ccc(O)cc2)c1. The van der Waals surface area contributed by atoms with Crippen LogP contribution in [0, 0.1) is 13.8 Å². The minimum atomic E-state index is -0.0566. The number of benzene rings is 2. The summed E-state index contributed by atoms with van der Waals surface area (Å²) >= 11 is 0. The maximum Gasteiger partial charge on any atom is 0.254 e. The molecule has 2 aromatic rings. The van der Waals surface area contributed by atoms with Gasteiger partial charge >= 0.3 is 0 Å². The summed E-state index contributed by atoms with van der Waals surface area (Å²) in [6.45, 7) is 5.97. The molecule has 0 heterocycles. The lowest BCUT2D eigenvalue weighted by atomic mass is 10.0. The number of hydrogen-bond acceptors (Lipinski definition) is 2. The third kappa shape index (κ3) is 3.43. The molecule has 0 radical (unpaired) electrons. The molecule has 0 aliphatic rings. The molecule has 3 heteroatoms. The number of amides is 1. The van der Waals surface area contributed by atoms with Crippen LogP contribution in [0.3, 0.4) is 0 Å². The number of rotatable bonds is 3. The van der Waals surface area contributed by atoms with E-state index in [0.29, 0.717) is 5.56 Å². The Balaban J connectivity index is 2.23. The maximum atomic E-state index is 12.6. The van der Waals surface area contributed by atoms with Crippen molar-refractivity contribution in [2.24, 2.45) is 0 Å². The second-order valence-electron chi connectivity index (χ2n) is 5.56. The third-order valence-corrected chi connectivity index (χ3v) is 3.75. The summed E-state index contributed by atoms with van der Waals surface area (Å²) in [5, 5.41) is 9.34. The van der Waals surface area contributed by atoms with Gasteiger partial charge in [-0.1, -0.05) is 29.3 Å². The molecule has 0 saturated carbocycles. The van der Waals surface area contributed by atoms with Gasteiger partial charge in [0, 0.05) is 12.6 Å². The highest BCUT2D eigenvalue weighted by Crippen LogP contribution is 2.23. The van der Waals surface area contributed by atoms with Crippen LogP contribution in [-0.4, -0.2) is 23.0 Å². The van der Waals surface area contributed by atoms with Crippen LogP contribution in [0.1, 0.15) is 40.0 Å².